The number of carbonyl (C=O) groups is 1. The lowest BCUT2D eigenvalue weighted by atomic mass is 10.1. The Labute approximate surface area is 81.1 Å². The van der Waals surface area contributed by atoms with Crippen molar-refractivity contribution >= 4 is 17.6 Å². The van der Waals surface area contributed by atoms with Crippen molar-refractivity contribution in [1.29, 1.82) is 0 Å². The summed E-state index contributed by atoms with van der Waals surface area (Å²) in [6, 6.07) is 5.19. The Morgan fingerprint density at radius 1 is 1.46 bits per heavy atom. The van der Waals surface area contributed by atoms with Crippen molar-refractivity contribution in [3.05, 3.63) is 34.3 Å². The van der Waals surface area contributed by atoms with Crippen molar-refractivity contribution in [2.24, 2.45) is 0 Å². The van der Waals surface area contributed by atoms with Crippen LogP contribution in [0.5, 0.6) is 0 Å². The molecule has 0 heterocycles. The van der Waals surface area contributed by atoms with E-state index in [2.05, 4.69) is 5.92 Å². The molecule has 0 unspecified atom stereocenters. The van der Waals surface area contributed by atoms with E-state index in [0.717, 1.165) is 5.56 Å². The minimum atomic E-state index is -1.14. The molecule has 0 bridgehead atoms. The summed E-state index contributed by atoms with van der Waals surface area (Å²) < 4.78 is 0. The number of aliphatic carboxylic acids is 1. The van der Waals surface area contributed by atoms with E-state index in [0.29, 0.717) is 10.6 Å². The second-order valence-electron chi connectivity index (χ2n) is 2.57. The van der Waals surface area contributed by atoms with E-state index in [1.165, 1.54) is 0 Å². The van der Waals surface area contributed by atoms with Gasteiger partial charge in [-0.25, -0.2) is 4.79 Å². The monoisotopic (exact) mass is 194 g/mol. The molecule has 0 fully saturated rings. The summed E-state index contributed by atoms with van der Waals surface area (Å²) in [5, 5.41) is 8.87. The topological polar surface area (TPSA) is 37.3 Å². The van der Waals surface area contributed by atoms with Crippen LogP contribution in [0.15, 0.2) is 18.2 Å². The zero-order chi connectivity index (χ0) is 9.84. The highest BCUT2D eigenvalue weighted by molar-refractivity contribution is 6.30. The summed E-state index contributed by atoms with van der Waals surface area (Å²) in [4.78, 5) is 10.1. The van der Waals surface area contributed by atoms with Crippen LogP contribution in [0.3, 0.4) is 0 Å². The molecular weight excluding hydrogens is 188 g/mol. The first-order valence-corrected chi connectivity index (χ1v) is 3.98. The molecule has 13 heavy (non-hydrogen) atoms. The Kier molecular flexibility index (Phi) is 2.94. The van der Waals surface area contributed by atoms with Crippen LogP contribution >= 0.6 is 11.6 Å². The molecule has 1 N–H and O–H groups in total. The molecule has 66 valence electrons. The van der Waals surface area contributed by atoms with Crippen LogP contribution in [0, 0.1) is 18.8 Å². The Hall–Kier alpha value is -1.46. The van der Waals surface area contributed by atoms with Crippen molar-refractivity contribution in [2.75, 3.05) is 0 Å². The standard InChI is InChI=1S/C10H7ClO2/c1-7-4-8(2-3-10(12)13)6-9(11)5-7/h4-6H,1H3,(H,12,13). The molecule has 0 amide bonds. The smallest absolute Gasteiger partial charge is 0.382 e. The highest BCUT2D eigenvalue weighted by Gasteiger charge is 1.93. The van der Waals surface area contributed by atoms with Gasteiger partial charge in [0.05, 0.1) is 0 Å². The van der Waals surface area contributed by atoms with Gasteiger partial charge in [-0.05, 0) is 30.7 Å². The largest absolute Gasteiger partial charge is 0.472 e. The van der Waals surface area contributed by atoms with E-state index in [9.17, 15) is 4.79 Å². The van der Waals surface area contributed by atoms with Crippen LogP contribution < -0.4 is 0 Å². The van der Waals surface area contributed by atoms with Crippen LogP contribution in [-0.2, 0) is 4.79 Å². The number of carboxylic acid groups (broad SMARTS) is 1. The van der Waals surface area contributed by atoms with Gasteiger partial charge in [0.25, 0.3) is 0 Å². The lowest BCUT2D eigenvalue weighted by Crippen LogP contribution is -1.87. The van der Waals surface area contributed by atoms with Crippen LogP contribution in [0.2, 0.25) is 5.02 Å². The van der Waals surface area contributed by atoms with E-state index >= 15 is 0 Å². The maximum Gasteiger partial charge on any atom is 0.382 e. The van der Waals surface area contributed by atoms with E-state index in [1.807, 2.05) is 12.8 Å². The fourth-order valence-corrected chi connectivity index (χ4v) is 1.22. The van der Waals surface area contributed by atoms with Crippen molar-refractivity contribution in [2.45, 2.75) is 6.92 Å². The summed E-state index contributed by atoms with van der Waals surface area (Å²) in [6.07, 6.45) is 0. The second kappa shape index (κ2) is 3.97. The number of carboxylic acids is 1. The molecule has 0 aliphatic rings. The summed E-state index contributed by atoms with van der Waals surface area (Å²) in [5.41, 5.74) is 1.58. The Morgan fingerprint density at radius 2 is 2.15 bits per heavy atom. The van der Waals surface area contributed by atoms with E-state index in [4.69, 9.17) is 16.7 Å². The normalized spacial score (nSPS) is 8.77. The summed E-state index contributed by atoms with van der Waals surface area (Å²) in [6.45, 7) is 1.87. The second-order valence-corrected chi connectivity index (χ2v) is 3.01. The molecule has 1 aromatic rings. The number of rotatable bonds is 0. The SMILES string of the molecule is Cc1cc(Cl)cc(C#CC(=O)O)c1. The summed E-state index contributed by atoms with van der Waals surface area (Å²) >= 11 is 5.75. The molecule has 0 saturated heterocycles. The van der Waals surface area contributed by atoms with Gasteiger partial charge >= 0.3 is 5.97 Å². The van der Waals surface area contributed by atoms with Gasteiger partial charge in [-0.15, -0.1) is 0 Å². The molecule has 2 nitrogen and oxygen atoms in total. The highest BCUT2D eigenvalue weighted by Crippen LogP contribution is 2.13. The molecule has 1 rings (SSSR count). The predicted octanol–water partition coefficient (Wildman–Crippen LogP) is 2.08. The zero-order valence-electron chi connectivity index (χ0n) is 6.97. The first kappa shape index (κ1) is 9.63. The third-order valence-electron chi connectivity index (χ3n) is 1.36. The van der Waals surface area contributed by atoms with Gasteiger partial charge in [-0.1, -0.05) is 17.5 Å². The number of aryl methyl sites for hydroxylation is 1. The van der Waals surface area contributed by atoms with Crippen LogP contribution in [0.4, 0.5) is 0 Å². The Bertz CT molecular complexity index is 379. The average Bonchev–Trinajstić information content (AvgIpc) is 1.99. The number of hydrogen-bond acceptors (Lipinski definition) is 1. The molecule has 3 heteroatoms. The molecule has 0 radical (unpaired) electrons. The van der Waals surface area contributed by atoms with Gasteiger partial charge < -0.3 is 5.11 Å². The van der Waals surface area contributed by atoms with Gasteiger partial charge in [0.2, 0.25) is 0 Å². The summed E-state index contributed by atoms with van der Waals surface area (Å²) in [7, 11) is 0. The van der Waals surface area contributed by atoms with Crippen molar-refractivity contribution < 1.29 is 9.90 Å². The van der Waals surface area contributed by atoms with Gasteiger partial charge in [0.1, 0.15) is 0 Å². The van der Waals surface area contributed by atoms with Crippen molar-refractivity contribution in [1.82, 2.24) is 0 Å². The molecule has 0 saturated carbocycles. The van der Waals surface area contributed by atoms with E-state index < -0.39 is 5.97 Å². The van der Waals surface area contributed by atoms with Gasteiger partial charge in [-0.2, -0.15) is 0 Å². The minimum Gasteiger partial charge on any atom is -0.472 e. The van der Waals surface area contributed by atoms with Crippen LogP contribution in [-0.4, -0.2) is 11.1 Å². The van der Waals surface area contributed by atoms with Crippen molar-refractivity contribution in [3.63, 3.8) is 0 Å². The highest BCUT2D eigenvalue weighted by atomic mass is 35.5. The summed E-state index contributed by atoms with van der Waals surface area (Å²) in [5.74, 6) is 3.37. The van der Waals surface area contributed by atoms with Gasteiger partial charge in [0.15, 0.2) is 0 Å². The first-order valence-electron chi connectivity index (χ1n) is 3.60. The first-order chi connectivity index (χ1) is 6.08. The molecule has 0 spiro atoms. The molecule has 0 aliphatic carbocycles. The number of halogens is 1. The predicted molar refractivity (Wildman–Crippen MR) is 50.7 cm³/mol. The quantitative estimate of drug-likeness (QED) is 0.642. The molecule has 0 atom stereocenters. The minimum absolute atomic E-state index is 0.565. The lowest BCUT2D eigenvalue weighted by Gasteiger charge is -1.95. The third-order valence-corrected chi connectivity index (χ3v) is 1.57. The number of hydrogen-bond donors (Lipinski definition) is 1. The molecule has 0 aliphatic heterocycles. The van der Waals surface area contributed by atoms with E-state index in [1.54, 1.807) is 18.2 Å². The lowest BCUT2D eigenvalue weighted by molar-refractivity contribution is -0.130. The maximum atomic E-state index is 10.1. The fourth-order valence-electron chi connectivity index (χ4n) is 0.934. The maximum absolute atomic E-state index is 10.1. The third kappa shape index (κ3) is 3.18. The Balaban J connectivity index is 3.04. The van der Waals surface area contributed by atoms with Crippen molar-refractivity contribution in [3.8, 4) is 11.8 Å². The fraction of sp³-hybridized carbons (Fsp3) is 0.100. The molecular formula is C10H7ClO2. The zero-order valence-corrected chi connectivity index (χ0v) is 7.72. The van der Waals surface area contributed by atoms with Gasteiger partial charge in [-0.3, -0.25) is 0 Å². The average molecular weight is 195 g/mol. The number of benzene rings is 1. The Morgan fingerprint density at radius 3 is 2.69 bits per heavy atom. The van der Waals surface area contributed by atoms with Crippen LogP contribution in [0.1, 0.15) is 11.1 Å². The van der Waals surface area contributed by atoms with E-state index in [-0.39, 0.29) is 0 Å². The molecule has 0 aromatic heterocycles. The van der Waals surface area contributed by atoms with Crippen LogP contribution in [0.25, 0.3) is 0 Å². The van der Waals surface area contributed by atoms with Gasteiger partial charge in [0, 0.05) is 16.5 Å². The molecule has 1 aromatic carbocycles.